The fourth-order valence-corrected chi connectivity index (χ4v) is 3.49. The Morgan fingerprint density at radius 2 is 2.20 bits per heavy atom. The quantitative estimate of drug-likeness (QED) is 0.812. The van der Waals surface area contributed by atoms with Crippen LogP contribution >= 0.6 is 39.0 Å². The summed E-state index contributed by atoms with van der Waals surface area (Å²) < 4.78 is 2.11. The Bertz CT molecular complexity index is 500. The van der Waals surface area contributed by atoms with Crippen LogP contribution < -0.4 is 0 Å². The molecular formula is C11H6BrNS2. The summed E-state index contributed by atoms with van der Waals surface area (Å²) in [7, 11) is 0. The number of rotatable bonds is 2. The van der Waals surface area contributed by atoms with Crippen molar-refractivity contribution in [1.29, 1.82) is 5.26 Å². The van der Waals surface area contributed by atoms with Crippen molar-refractivity contribution < 1.29 is 0 Å². The molecule has 1 nitrogen and oxygen atoms in total. The maximum atomic E-state index is 8.78. The molecule has 0 saturated carbocycles. The van der Waals surface area contributed by atoms with Crippen LogP contribution in [0.2, 0.25) is 0 Å². The van der Waals surface area contributed by atoms with Crippen molar-refractivity contribution >= 4 is 39.0 Å². The van der Waals surface area contributed by atoms with Crippen molar-refractivity contribution in [3.05, 3.63) is 45.7 Å². The van der Waals surface area contributed by atoms with Gasteiger partial charge in [-0.2, -0.15) is 5.26 Å². The smallest absolute Gasteiger partial charge is 0.100 e. The molecule has 0 spiro atoms. The highest BCUT2D eigenvalue weighted by Gasteiger charge is 2.02. The molecule has 2 rings (SSSR count). The molecule has 0 aliphatic rings. The van der Waals surface area contributed by atoms with Gasteiger partial charge in [-0.1, -0.05) is 17.8 Å². The van der Waals surface area contributed by atoms with E-state index in [1.807, 2.05) is 24.3 Å². The number of hydrogen-bond acceptors (Lipinski definition) is 3. The van der Waals surface area contributed by atoms with Crippen LogP contribution in [0.1, 0.15) is 5.56 Å². The molecule has 0 radical (unpaired) electrons. The minimum Gasteiger partial charge on any atom is -0.192 e. The first kappa shape index (κ1) is 10.7. The van der Waals surface area contributed by atoms with Crippen molar-refractivity contribution in [2.24, 2.45) is 0 Å². The van der Waals surface area contributed by atoms with Crippen LogP contribution in [0.15, 0.2) is 49.3 Å². The fraction of sp³-hybridized carbons (Fsp3) is 0. The average molecular weight is 296 g/mol. The molecule has 1 aromatic carbocycles. The maximum Gasteiger partial charge on any atom is 0.100 e. The summed E-state index contributed by atoms with van der Waals surface area (Å²) >= 11 is 6.80. The lowest BCUT2D eigenvalue weighted by Crippen LogP contribution is -1.77. The Balaban J connectivity index is 2.24. The van der Waals surface area contributed by atoms with Crippen LogP contribution in [-0.4, -0.2) is 0 Å². The van der Waals surface area contributed by atoms with Gasteiger partial charge in [-0.3, -0.25) is 0 Å². The monoisotopic (exact) mass is 295 g/mol. The molecule has 1 heterocycles. The zero-order valence-corrected chi connectivity index (χ0v) is 10.8. The van der Waals surface area contributed by atoms with Crippen molar-refractivity contribution in [1.82, 2.24) is 0 Å². The van der Waals surface area contributed by atoms with Crippen LogP contribution in [0.3, 0.4) is 0 Å². The van der Waals surface area contributed by atoms with Crippen LogP contribution in [-0.2, 0) is 0 Å². The first-order chi connectivity index (χ1) is 7.29. The second-order valence-electron chi connectivity index (χ2n) is 2.79. The highest BCUT2D eigenvalue weighted by Crippen LogP contribution is 2.33. The molecule has 2 aromatic rings. The van der Waals surface area contributed by atoms with E-state index in [2.05, 4.69) is 33.4 Å². The lowest BCUT2D eigenvalue weighted by Gasteiger charge is -2.00. The van der Waals surface area contributed by atoms with Gasteiger partial charge in [-0.05, 0) is 45.6 Å². The van der Waals surface area contributed by atoms with E-state index < -0.39 is 0 Å². The molecule has 4 heteroatoms. The fourth-order valence-electron chi connectivity index (χ4n) is 1.09. The molecule has 1 aromatic heterocycles. The Hall–Kier alpha value is -0.760. The number of nitrogens with zero attached hydrogens (tertiary/aromatic N) is 1. The van der Waals surface area contributed by atoms with Gasteiger partial charge in [0.25, 0.3) is 0 Å². The van der Waals surface area contributed by atoms with E-state index in [0.29, 0.717) is 5.56 Å². The first-order valence-electron chi connectivity index (χ1n) is 4.20. The third-order valence-electron chi connectivity index (χ3n) is 1.77. The number of nitriles is 1. The molecule has 0 aliphatic carbocycles. The molecular weight excluding hydrogens is 290 g/mol. The van der Waals surface area contributed by atoms with Gasteiger partial charge in [-0.25, -0.2) is 0 Å². The average Bonchev–Trinajstić information content (AvgIpc) is 2.71. The summed E-state index contributed by atoms with van der Waals surface area (Å²) in [5.41, 5.74) is 0.672. The topological polar surface area (TPSA) is 23.8 Å². The van der Waals surface area contributed by atoms with Crippen molar-refractivity contribution in [3.8, 4) is 6.07 Å². The molecule has 0 saturated heterocycles. The third kappa shape index (κ3) is 2.63. The Kier molecular flexibility index (Phi) is 3.47. The van der Waals surface area contributed by atoms with Gasteiger partial charge in [0, 0.05) is 9.37 Å². The molecule has 0 unspecified atom stereocenters. The lowest BCUT2D eigenvalue weighted by atomic mass is 10.2. The summed E-state index contributed by atoms with van der Waals surface area (Å²) in [5, 5.41) is 10.8. The molecule has 0 bridgehead atoms. The van der Waals surface area contributed by atoms with E-state index in [9.17, 15) is 0 Å². The van der Waals surface area contributed by atoms with E-state index >= 15 is 0 Å². The molecule has 0 N–H and O–H groups in total. The molecule has 0 aliphatic heterocycles. The highest BCUT2D eigenvalue weighted by atomic mass is 79.9. The van der Waals surface area contributed by atoms with E-state index in [1.54, 1.807) is 23.1 Å². The van der Waals surface area contributed by atoms with Crippen LogP contribution in [0, 0.1) is 11.3 Å². The van der Waals surface area contributed by atoms with E-state index in [-0.39, 0.29) is 0 Å². The van der Waals surface area contributed by atoms with Gasteiger partial charge in [0.15, 0.2) is 0 Å². The van der Waals surface area contributed by atoms with Gasteiger partial charge in [0.1, 0.15) is 6.07 Å². The van der Waals surface area contributed by atoms with E-state index in [0.717, 1.165) is 9.37 Å². The van der Waals surface area contributed by atoms with Crippen LogP contribution in [0.4, 0.5) is 0 Å². The number of thiophene rings is 1. The standard InChI is InChI=1S/C11H6BrNS2/c12-10-6-9(4-3-8(10)7-13)15-11-2-1-5-14-11/h1-6H. The summed E-state index contributed by atoms with van der Waals surface area (Å²) in [5.74, 6) is 0. The van der Waals surface area contributed by atoms with Crippen LogP contribution in [0.5, 0.6) is 0 Å². The predicted molar refractivity (Wildman–Crippen MR) is 67.3 cm³/mol. The molecule has 0 amide bonds. The molecule has 74 valence electrons. The lowest BCUT2D eigenvalue weighted by molar-refractivity contribution is 1.38. The third-order valence-corrected chi connectivity index (χ3v) is 4.46. The van der Waals surface area contributed by atoms with Gasteiger partial charge >= 0.3 is 0 Å². The Morgan fingerprint density at radius 1 is 1.33 bits per heavy atom. The zero-order chi connectivity index (χ0) is 10.7. The normalized spacial score (nSPS) is 9.87. The summed E-state index contributed by atoms with van der Waals surface area (Å²) in [6.45, 7) is 0. The van der Waals surface area contributed by atoms with Gasteiger partial charge < -0.3 is 0 Å². The first-order valence-corrected chi connectivity index (χ1v) is 6.69. The Morgan fingerprint density at radius 3 is 2.80 bits per heavy atom. The van der Waals surface area contributed by atoms with Gasteiger partial charge in [-0.15, -0.1) is 11.3 Å². The molecule has 0 fully saturated rings. The Labute approximate surface area is 105 Å². The number of hydrogen-bond donors (Lipinski definition) is 0. The van der Waals surface area contributed by atoms with Crippen molar-refractivity contribution in [2.75, 3.05) is 0 Å². The minimum atomic E-state index is 0.672. The number of benzene rings is 1. The summed E-state index contributed by atoms with van der Waals surface area (Å²) in [6.07, 6.45) is 0. The van der Waals surface area contributed by atoms with Crippen molar-refractivity contribution in [3.63, 3.8) is 0 Å². The molecule has 15 heavy (non-hydrogen) atoms. The SMILES string of the molecule is N#Cc1ccc(Sc2cccs2)cc1Br. The van der Waals surface area contributed by atoms with Crippen LogP contribution in [0.25, 0.3) is 0 Å². The number of halogens is 1. The van der Waals surface area contributed by atoms with Crippen molar-refractivity contribution in [2.45, 2.75) is 9.10 Å². The van der Waals surface area contributed by atoms with Gasteiger partial charge in [0.05, 0.1) is 9.77 Å². The predicted octanol–water partition coefficient (Wildman–Crippen LogP) is 4.53. The second kappa shape index (κ2) is 4.84. The summed E-state index contributed by atoms with van der Waals surface area (Å²) in [6, 6.07) is 12.0. The van der Waals surface area contributed by atoms with E-state index in [1.165, 1.54) is 4.21 Å². The zero-order valence-electron chi connectivity index (χ0n) is 7.61. The maximum absolute atomic E-state index is 8.78. The van der Waals surface area contributed by atoms with E-state index in [4.69, 9.17) is 5.26 Å². The van der Waals surface area contributed by atoms with Gasteiger partial charge in [0.2, 0.25) is 0 Å². The largest absolute Gasteiger partial charge is 0.192 e. The summed E-state index contributed by atoms with van der Waals surface area (Å²) in [4.78, 5) is 1.14. The second-order valence-corrected chi connectivity index (χ2v) is 5.96. The highest BCUT2D eigenvalue weighted by molar-refractivity contribution is 9.10. The molecule has 0 atom stereocenters. The minimum absolute atomic E-state index is 0.672.